The molecule has 1 aliphatic heterocycles. The second-order valence-corrected chi connectivity index (χ2v) is 5.59. The van der Waals surface area contributed by atoms with Crippen LogP contribution in [0.1, 0.15) is 20.3 Å². The fourth-order valence-corrected chi connectivity index (χ4v) is 2.64. The van der Waals surface area contributed by atoms with Crippen LogP contribution < -0.4 is 5.32 Å². The molecule has 0 amide bonds. The van der Waals surface area contributed by atoms with Gasteiger partial charge in [-0.15, -0.1) is 0 Å². The summed E-state index contributed by atoms with van der Waals surface area (Å²) in [5.74, 6) is 0.527. The van der Waals surface area contributed by atoms with Crippen molar-refractivity contribution in [1.29, 1.82) is 0 Å². The van der Waals surface area contributed by atoms with Gasteiger partial charge in [-0.05, 0) is 26.3 Å². The minimum Gasteiger partial charge on any atom is -0.379 e. The van der Waals surface area contributed by atoms with Gasteiger partial charge in [0.25, 0.3) is 6.43 Å². The highest BCUT2D eigenvalue weighted by Gasteiger charge is 2.28. The first-order valence-electron chi connectivity index (χ1n) is 6.73. The zero-order valence-electron chi connectivity index (χ0n) is 11.7. The zero-order valence-corrected chi connectivity index (χ0v) is 11.7. The van der Waals surface area contributed by atoms with Gasteiger partial charge in [-0.2, -0.15) is 5.10 Å². The number of anilines is 1. The first kappa shape index (κ1) is 14.2. The zero-order chi connectivity index (χ0) is 14.0. The third-order valence-corrected chi connectivity index (χ3v) is 3.92. The lowest BCUT2D eigenvalue weighted by Crippen LogP contribution is -2.48. The Labute approximate surface area is 112 Å². The first-order valence-corrected chi connectivity index (χ1v) is 6.73. The predicted octanol–water partition coefficient (Wildman–Crippen LogP) is 2.29. The van der Waals surface area contributed by atoms with E-state index in [1.165, 1.54) is 4.68 Å². The van der Waals surface area contributed by atoms with Crippen molar-refractivity contribution in [2.24, 2.45) is 5.92 Å². The standard InChI is InChI=1S/C13H22F2N4/c1-9-6-18(3)10(2)4-12(9)17-11-5-16-19(7-11)8-13(14)15/h5,7,9-10,12-13,17H,4,6,8H2,1-3H3/t9-,10-,12+/m1/s1. The van der Waals surface area contributed by atoms with Gasteiger partial charge >= 0.3 is 0 Å². The largest absolute Gasteiger partial charge is 0.379 e. The van der Waals surface area contributed by atoms with Crippen molar-refractivity contribution in [3.05, 3.63) is 12.4 Å². The molecule has 2 heterocycles. The molecular formula is C13H22F2N4. The maximum Gasteiger partial charge on any atom is 0.257 e. The fraction of sp³-hybridized carbons (Fsp3) is 0.769. The fourth-order valence-electron chi connectivity index (χ4n) is 2.64. The molecule has 4 nitrogen and oxygen atoms in total. The second-order valence-electron chi connectivity index (χ2n) is 5.59. The Morgan fingerprint density at radius 2 is 2.21 bits per heavy atom. The monoisotopic (exact) mass is 272 g/mol. The maximum absolute atomic E-state index is 12.3. The van der Waals surface area contributed by atoms with Gasteiger partial charge in [-0.3, -0.25) is 4.68 Å². The van der Waals surface area contributed by atoms with Crippen LogP contribution in [0, 0.1) is 5.92 Å². The van der Waals surface area contributed by atoms with Gasteiger partial charge in [0.05, 0.1) is 11.9 Å². The summed E-state index contributed by atoms with van der Waals surface area (Å²) in [6.07, 6.45) is 1.97. The Balaban J connectivity index is 1.95. The molecule has 0 saturated carbocycles. The number of nitrogens with zero attached hydrogens (tertiary/aromatic N) is 3. The number of piperidine rings is 1. The molecule has 1 aromatic rings. The van der Waals surface area contributed by atoms with Gasteiger partial charge in [0.1, 0.15) is 6.54 Å². The number of nitrogens with one attached hydrogen (secondary N) is 1. The van der Waals surface area contributed by atoms with E-state index < -0.39 is 6.43 Å². The van der Waals surface area contributed by atoms with Gasteiger partial charge in [-0.25, -0.2) is 8.78 Å². The van der Waals surface area contributed by atoms with Crippen LogP contribution in [0.2, 0.25) is 0 Å². The Hall–Kier alpha value is -1.17. The molecule has 0 radical (unpaired) electrons. The molecule has 3 atom stereocenters. The van der Waals surface area contributed by atoms with Crippen LogP contribution in [0.25, 0.3) is 0 Å². The summed E-state index contributed by atoms with van der Waals surface area (Å²) in [6, 6.07) is 0.903. The van der Waals surface area contributed by atoms with E-state index in [2.05, 4.69) is 36.2 Å². The molecule has 1 N–H and O–H groups in total. The normalized spacial score (nSPS) is 28.8. The second kappa shape index (κ2) is 5.86. The quantitative estimate of drug-likeness (QED) is 0.913. The molecule has 0 bridgehead atoms. The maximum atomic E-state index is 12.3. The molecule has 6 heteroatoms. The third-order valence-electron chi connectivity index (χ3n) is 3.92. The van der Waals surface area contributed by atoms with Crippen LogP contribution in [0.15, 0.2) is 12.4 Å². The van der Waals surface area contributed by atoms with Crippen molar-refractivity contribution in [3.63, 3.8) is 0 Å². The lowest BCUT2D eigenvalue weighted by Gasteiger charge is -2.40. The Morgan fingerprint density at radius 1 is 1.47 bits per heavy atom. The average molecular weight is 272 g/mol. The van der Waals surface area contributed by atoms with Crippen LogP contribution in [0.5, 0.6) is 0 Å². The highest BCUT2D eigenvalue weighted by atomic mass is 19.3. The van der Waals surface area contributed by atoms with Gasteiger partial charge in [0.2, 0.25) is 0 Å². The van der Waals surface area contributed by atoms with E-state index >= 15 is 0 Å². The van der Waals surface area contributed by atoms with Crippen LogP contribution >= 0.6 is 0 Å². The number of alkyl halides is 2. The van der Waals surface area contributed by atoms with E-state index in [0.717, 1.165) is 18.7 Å². The van der Waals surface area contributed by atoms with E-state index in [-0.39, 0.29) is 6.54 Å². The molecule has 0 aliphatic carbocycles. The van der Waals surface area contributed by atoms with E-state index in [1.807, 2.05) is 0 Å². The molecule has 19 heavy (non-hydrogen) atoms. The van der Waals surface area contributed by atoms with Crippen LogP contribution in [0.4, 0.5) is 14.5 Å². The summed E-state index contributed by atoms with van der Waals surface area (Å²) in [7, 11) is 2.14. The first-order chi connectivity index (χ1) is 8.95. The summed E-state index contributed by atoms with van der Waals surface area (Å²) in [4.78, 5) is 2.35. The molecule has 0 unspecified atom stereocenters. The van der Waals surface area contributed by atoms with Crippen molar-refractivity contribution in [2.45, 2.75) is 45.3 Å². The highest BCUT2D eigenvalue weighted by molar-refractivity contribution is 5.39. The predicted molar refractivity (Wildman–Crippen MR) is 71.5 cm³/mol. The number of hydrogen-bond donors (Lipinski definition) is 1. The Bertz CT molecular complexity index is 407. The molecule has 1 saturated heterocycles. The topological polar surface area (TPSA) is 33.1 Å². The number of rotatable bonds is 4. The van der Waals surface area contributed by atoms with E-state index in [4.69, 9.17) is 0 Å². The SMILES string of the molecule is C[C@@H]1CN(C)[C@H](C)C[C@@H]1Nc1cnn(CC(F)F)c1. The average Bonchev–Trinajstić information content (AvgIpc) is 2.72. The summed E-state index contributed by atoms with van der Waals surface area (Å²) < 4.78 is 25.8. The van der Waals surface area contributed by atoms with Gasteiger partial charge in [0, 0.05) is 24.8 Å². The number of halogens is 2. The van der Waals surface area contributed by atoms with E-state index in [0.29, 0.717) is 18.0 Å². The molecule has 2 rings (SSSR count). The van der Waals surface area contributed by atoms with Crippen LogP contribution in [-0.4, -0.2) is 46.8 Å². The Morgan fingerprint density at radius 3 is 2.89 bits per heavy atom. The van der Waals surface area contributed by atoms with Gasteiger partial charge < -0.3 is 10.2 Å². The van der Waals surface area contributed by atoms with Crippen molar-refractivity contribution >= 4 is 5.69 Å². The van der Waals surface area contributed by atoms with Crippen LogP contribution in [0.3, 0.4) is 0 Å². The van der Waals surface area contributed by atoms with Crippen molar-refractivity contribution < 1.29 is 8.78 Å². The summed E-state index contributed by atoms with van der Waals surface area (Å²) in [5, 5.41) is 7.36. The van der Waals surface area contributed by atoms with E-state index in [9.17, 15) is 8.78 Å². The lowest BCUT2D eigenvalue weighted by molar-refractivity contribution is 0.122. The summed E-state index contributed by atoms with van der Waals surface area (Å²) in [6.45, 7) is 5.12. The third kappa shape index (κ3) is 3.65. The smallest absolute Gasteiger partial charge is 0.257 e. The minimum absolute atomic E-state index is 0.346. The summed E-state index contributed by atoms with van der Waals surface area (Å²) in [5.41, 5.74) is 0.828. The van der Waals surface area contributed by atoms with Gasteiger partial charge in [-0.1, -0.05) is 6.92 Å². The molecule has 1 fully saturated rings. The molecule has 0 aromatic carbocycles. The minimum atomic E-state index is -2.37. The van der Waals surface area contributed by atoms with Crippen LogP contribution in [-0.2, 0) is 6.54 Å². The molecular weight excluding hydrogens is 250 g/mol. The van der Waals surface area contributed by atoms with Gasteiger partial charge in [0.15, 0.2) is 0 Å². The van der Waals surface area contributed by atoms with Crippen molar-refractivity contribution in [3.8, 4) is 0 Å². The van der Waals surface area contributed by atoms with Crippen molar-refractivity contribution in [2.75, 3.05) is 18.9 Å². The van der Waals surface area contributed by atoms with E-state index in [1.54, 1.807) is 12.4 Å². The highest BCUT2D eigenvalue weighted by Crippen LogP contribution is 2.24. The lowest BCUT2D eigenvalue weighted by atomic mass is 9.90. The number of hydrogen-bond acceptors (Lipinski definition) is 3. The summed E-state index contributed by atoms with van der Waals surface area (Å²) >= 11 is 0. The Kier molecular flexibility index (Phi) is 4.39. The number of likely N-dealkylation sites (tertiary alicyclic amines) is 1. The van der Waals surface area contributed by atoms with Crippen molar-refractivity contribution in [1.82, 2.24) is 14.7 Å². The molecule has 1 aromatic heterocycles. The molecule has 0 spiro atoms. The molecule has 108 valence electrons. The molecule has 1 aliphatic rings. The number of aromatic nitrogens is 2.